The van der Waals surface area contributed by atoms with Gasteiger partial charge >= 0.3 is 5.97 Å². The van der Waals surface area contributed by atoms with E-state index in [1.165, 1.54) is 14.0 Å². The van der Waals surface area contributed by atoms with Crippen molar-refractivity contribution in [3.63, 3.8) is 0 Å². The Morgan fingerprint density at radius 3 is 2.18 bits per heavy atom. The predicted octanol–water partition coefficient (Wildman–Crippen LogP) is 2.89. The summed E-state index contributed by atoms with van der Waals surface area (Å²) in [6, 6.07) is -0.235. The van der Waals surface area contributed by atoms with Crippen molar-refractivity contribution in [1.82, 2.24) is 4.90 Å². The van der Waals surface area contributed by atoms with Crippen molar-refractivity contribution in [2.45, 2.75) is 179 Å². The van der Waals surface area contributed by atoms with Crippen LogP contribution in [-0.2, 0) is 38.0 Å². The first-order valence-electron chi connectivity index (χ1n) is 18.3. The summed E-state index contributed by atoms with van der Waals surface area (Å²) in [5.41, 5.74) is -3.00. The van der Waals surface area contributed by atoms with Gasteiger partial charge in [0.2, 0.25) is 0 Å². The summed E-state index contributed by atoms with van der Waals surface area (Å²) in [6.45, 7) is 18.0. The Balaban J connectivity index is 1.84. The number of likely N-dealkylation sites (N-methyl/N-ethyl adjacent to an activating group) is 1. The van der Waals surface area contributed by atoms with Crippen LogP contribution in [0.5, 0.6) is 0 Å². The van der Waals surface area contributed by atoms with Crippen LogP contribution in [0.4, 0.5) is 0 Å². The highest BCUT2D eigenvalue weighted by Gasteiger charge is 2.56. The maximum Gasteiger partial charge on any atom is 0.311 e. The van der Waals surface area contributed by atoms with Crippen LogP contribution in [-0.4, -0.2) is 137 Å². The van der Waals surface area contributed by atoms with Crippen LogP contribution in [0.1, 0.15) is 94.9 Å². The Kier molecular flexibility index (Phi) is 12.8. The molecule has 4 N–H and O–H groups in total. The molecule has 0 aromatic carbocycles. The summed E-state index contributed by atoms with van der Waals surface area (Å²) in [5.74, 6) is -2.31. The molecule has 2 unspecified atom stereocenters. The van der Waals surface area contributed by atoms with Gasteiger partial charge in [0.1, 0.15) is 41.4 Å². The fraction of sp³-hybridized carbons (Fsp3) is 0.919. The zero-order chi connectivity index (χ0) is 37.7. The van der Waals surface area contributed by atoms with Crippen LogP contribution in [0.15, 0.2) is 11.3 Å². The van der Waals surface area contributed by atoms with Gasteiger partial charge in [-0.2, -0.15) is 0 Å². The number of aliphatic hydroxyl groups is 4. The number of esters is 1. The third-order valence-electron chi connectivity index (χ3n) is 12.0. The molecule has 0 aromatic heterocycles. The van der Waals surface area contributed by atoms with E-state index in [1.54, 1.807) is 34.6 Å². The molecule has 13 nitrogen and oxygen atoms in total. The van der Waals surface area contributed by atoms with E-state index >= 15 is 0 Å². The normalized spacial score (nSPS) is 49.5. The second-order valence-corrected chi connectivity index (χ2v) is 16.3. The SMILES string of the molecule is CC[C@H]1OC(=O)[C@H](C)[C@@H](O[C@H]2C[C@@](C)(OC)[C@@H](O)[C@H](C)O2)[C@H](C)[C@@H](OC2O[C@H](C)C[C@H](N(C)C)[C@H]2O)C2(C)CC(C)=C(O2)[C@H](C)[C@@H](O)[C@]1(C)O. The zero-order valence-corrected chi connectivity index (χ0v) is 32.4. The Morgan fingerprint density at radius 1 is 0.960 bits per heavy atom. The smallest absolute Gasteiger partial charge is 0.311 e. The van der Waals surface area contributed by atoms with E-state index in [0.29, 0.717) is 18.6 Å². The van der Waals surface area contributed by atoms with Gasteiger partial charge < -0.3 is 58.5 Å². The zero-order valence-electron chi connectivity index (χ0n) is 32.4. The summed E-state index contributed by atoms with van der Waals surface area (Å²) >= 11 is 0. The Bertz CT molecular complexity index is 1210. The van der Waals surface area contributed by atoms with Crippen molar-refractivity contribution >= 4 is 5.97 Å². The van der Waals surface area contributed by atoms with E-state index in [-0.39, 0.29) is 25.0 Å². The van der Waals surface area contributed by atoms with Crippen LogP contribution < -0.4 is 0 Å². The van der Waals surface area contributed by atoms with Crippen molar-refractivity contribution in [3.8, 4) is 0 Å². The number of ether oxygens (including phenoxy) is 7. The first-order valence-corrected chi connectivity index (χ1v) is 18.3. The van der Waals surface area contributed by atoms with E-state index in [1.807, 2.05) is 46.7 Å². The molecule has 13 heteroatoms. The van der Waals surface area contributed by atoms with Crippen molar-refractivity contribution < 1.29 is 58.4 Å². The molecule has 3 fully saturated rings. The molecular weight excluding hydrogens is 650 g/mol. The van der Waals surface area contributed by atoms with E-state index in [4.69, 9.17) is 33.2 Å². The van der Waals surface area contributed by atoms with Crippen LogP contribution >= 0.6 is 0 Å². The molecule has 4 aliphatic rings. The lowest BCUT2D eigenvalue weighted by Crippen LogP contribution is -2.60. The van der Waals surface area contributed by atoms with Crippen LogP contribution in [0.2, 0.25) is 0 Å². The van der Waals surface area contributed by atoms with Crippen LogP contribution in [0.3, 0.4) is 0 Å². The molecule has 3 saturated heterocycles. The van der Waals surface area contributed by atoms with Gasteiger partial charge in [0, 0.05) is 37.8 Å². The Hall–Kier alpha value is -1.39. The molecule has 4 heterocycles. The number of methoxy groups -OCH3 is 1. The minimum Gasteiger partial charge on any atom is -0.489 e. The highest BCUT2D eigenvalue weighted by molar-refractivity contribution is 5.73. The van der Waals surface area contributed by atoms with Crippen molar-refractivity contribution in [1.29, 1.82) is 0 Å². The van der Waals surface area contributed by atoms with Crippen LogP contribution in [0, 0.1) is 17.8 Å². The van der Waals surface area contributed by atoms with Crippen LogP contribution in [0.25, 0.3) is 0 Å². The monoisotopic (exact) mass is 715 g/mol. The lowest BCUT2D eigenvalue weighted by molar-refractivity contribution is -0.316. The predicted molar refractivity (Wildman–Crippen MR) is 184 cm³/mol. The lowest BCUT2D eigenvalue weighted by Gasteiger charge is -2.48. The average Bonchev–Trinajstić information content (AvgIpc) is 3.37. The highest BCUT2D eigenvalue weighted by Crippen LogP contribution is 2.47. The van der Waals surface area contributed by atoms with Crippen molar-refractivity contribution in [2.24, 2.45) is 17.8 Å². The molecule has 0 spiro atoms. The Morgan fingerprint density at radius 2 is 1.60 bits per heavy atom. The van der Waals surface area contributed by atoms with E-state index in [2.05, 4.69) is 0 Å². The summed E-state index contributed by atoms with van der Waals surface area (Å²) in [7, 11) is 5.34. The number of carbonyl (C=O) groups excluding carboxylic acids is 1. The second-order valence-electron chi connectivity index (χ2n) is 16.3. The van der Waals surface area contributed by atoms with E-state index in [0.717, 1.165) is 5.57 Å². The minimum absolute atomic E-state index is 0.173. The molecule has 0 saturated carbocycles. The molecule has 4 aliphatic heterocycles. The fourth-order valence-corrected chi connectivity index (χ4v) is 8.73. The molecule has 0 aliphatic carbocycles. The molecule has 290 valence electrons. The number of hydrogen-bond acceptors (Lipinski definition) is 13. The molecule has 4 rings (SSSR count). The first kappa shape index (κ1) is 41.4. The highest BCUT2D eigenvalue weighted by atomic mass is 16.7. The Labute approximate surface area is 298 Å². The fourth-order valence-electron chi connectivity index (χ4n) is 8.73. The third kappa shape index (κ3) is 7.93. The first-order chi connectivity index (χ1) is 23.1. The summed E-state index contributed by atoms with van der Waals surface area (Å²) in [5, 5.41) is 45.9. The quantitative estimate of drug-likeness (QED) is 0.285. The largest absolute Gasteiger partial charge is 0.489 e. The molecule has 17 atom stereocenters. The lowest BCUT2D eigenvalue weighted by atomic mass is 9.78. The molecule has 2 bridgehead atoms. The summed E-state index contributed by atoms with van der Waals surface area (Å²) in [6.07, 6.45) is -7.39. The average molecular weight is 716 g/mol. The minimum atomic E-state index is -1.82. The number of aliphatic hydroxyl groups excluding tert-OH is 3. The molecular formula is C37H65NO12. The summed E-state index contributed by atoms with van der Waals surface area (Å²) in [4.78, 5) is 16.1. The van der Waals surface area contributed by atoms with Gasteiger partial charge in [0.15, 0.2) is 12.6 Å². The maximum absolute atomic E-state index is 14.1. The summed E-state index contributed by atoms with van der Waals surface area (Å²) < 4.78 is 44.6. The maximum atomic E-state index is 14.1. The van der Waals surface area contributed by atoms with Gasteiger partial charge in [-0.25, -0.2) is 0 Å². The van der Waals surface area contributed by atoms with Gasteiger partial charge in [-0.1, -0.05) is 20.8 Å². The number of hydrogen-bond donors (Lipinski definition) is 4. The van der Waals surface area contributed by atoms with Gasteiger partial charge in [0.05, 0.1) is 35.9 Å². The van der Waals surface area contributed by atoms with E-state index in [9.17, 15) is 25.2 Å². The number of fused-ring (bicyclic) bond motifs is 2. The van der Waals surface area contributed by atoms with Gasteiger partial charge in [0.25, 0.3) is 0 Å². The number of carbonyl (C=O) groups is 1. The van der Waals surface area contributed by atoms with Crippen molar-refractivity contribution in [2.75, 3.05) is 21.2 Å². The number of cyclic esters (lactones) is 1. The van der Waals surface area contributed by atoms with Crippen molar-refractivity contribution in [3.05, 3.63) is 11.3 Å². The van der Waals surface area contributed by atoms with Gasteiger partial charge in [-0.3, -0.25) is 4.79 Å². The van der Waals surface area contributed by atoms with E-state index < -0.39 is 95.8 Å². The number of rotatable bonds is 7. The molecule has 50 heavy (non-hydrogen) atoms. The van der Waals surface area contributed by atoms with Gasteiger partial charge in [-0.15, -0.1) is 0 Å². The molecule has 0 aromatic rings. The standard InChI is InChI=1S/C37H65NO12/c1-14-25-37(10,43)30(40)20(4)28-18(2)16-36(9,50-28)32(49-34-27(39)24(38(11)12)15-19(3)45-34)21(5)29(22(6)33(42)47-25)48-26-17-35(8,44-13)31(41)23(7)46-26/h19-27,29-32,34,39-41,43H,14-17H2,1-13H3/t19-,20+,21+,22-,23+,24+,25-,26+,27-,29+,30-,31+,32-,34?,35-,36?,37-/m1/s1. The second kappa shape index (κ2) is 15.5. The molecule has 0 radical (unpaired) electrons. The third-order valence-corrected chi connectivity index (χ3v) is 12.0. The van der Waals surface area contributed by atoms with Gasteiger partial charge in [-0.05, 0) is 81.0 Å². The topological polar surface area (TPSA) is 166 Å². The molecule has 0 amide bonds. The number of nitrogens with zero attached hydrogens (tertiary/aromatic N) is 1.